The summed E-state index contributed by atoms with van der Waals surface area (Å²) < 4.78 is 5.78. The van der Waals surface area contributed by atoms with Crippen LogP contribution in [-0.4, -0.2) is 12.1 Å². The monoisotopic (exact) mass is 288 g/mol. The molecule has 3 heteroatoms. The van der Waals surface area contributed by atoms with Gasteiger partial charge >= 0.3 is 0 Å². The van der Waals surface area contributed by atoms with E-state index < -0.39 is 0 Å². The van der Waals surface area contributed by atoms with Crippen molar-refractivity contribution in [2.24, 2.45) is 17.8 Å². The Balaban J connectivity index is 1.69. The number of fused-ring (bicyclic) bond motifs is 2. The summed E-state index contributed by atoms with van der Waals surface area (Å²) >= 11 is 0. The van der Waals surface area contributed by atoms with Gasteiger partial charge < -0.3 is 15.8 Å². The fourth-order valence-electron chi connectivity index (χ4n) is 4.29. The minimum atomic E-state index is 0.144. The maximum absolute atomic E-state index is 6.27. The first-order valence-electron chi connectivity index (χ1n) is 8.36. The SMILES string of the molecule is CC(C)Oc1cccc(NC(C)C2CC3CCC2C3)c1N. The molecular formula is C18H28N2O. The Morgan fingerprint density at radius 3 is 2.62 bits per heavy atom. The van der Waals surface area contributed by atoms with E-state index in [0.29, 0.717) is 6.04 Å². The molecule has 2 aliphatic rings. The van der Waals surface area contributed by atoms with Crippen molar-refractivity contribution in [3.8, 4) is 5.75 Å². The highest BCUT2D eigenvalue weighted by atomic mass is 16.5. The third-order valence-electron chi connectivity index (χ3n) is 5.25. The molecule has 21 heavy (non-hydrogen) atoms. The molecule has 116 valence electrons. The second-order valence-corrected chi connectivity index (χ2v) is 7.16. The fraction of sp³-hybridized carbons (Fsp3) is 0.667. The Kier molecular flexibility index (Phi) is 4.01. The highest BCUT2D eigenvalue weighted by Gasteiger charge is 2.41. The highest BCUT2D eigenvalue weighted by molar-refractivity contribution is 5.73. The molecule has 0 amide bonds. The zero-order valence-corrected chi connectivity index (χ0v) is 13.4. The lowest BCUT2D eigenvalue weighted by Crippen LogP contribution is -2.30. The van der Waals surface area contributed by atoms with E-state index >= 15 is 0 Å². The summed E-state index contributed by atoms with van der Waals surface area (Å²) in [5.41, 5.74) is 8.02. The first-order valence-corrected chi connectivity index (χ1v) is 8.36. The van der Waals surface area contributed by atoms with Gasteiger partial charge in [-0.25, -0.2) is 0 Å². The molecule has 1 aromatic carbocycles. The van der Waals surface area contributed by atoms with Crippen LogP contribution in [0.3, 0.4) is 0 Å². The van der Waals surface area contributed by atoms with Crippen LogP contribution in [0.25, 0.3) is 0 Å². The van der Waals surface area contributed by atoms with Crippen LogP contribution in [0.4, 0.5) is 11.4 Å². The van der Waals surface area contributed by atoms with Crippen LogP contribution < -0.4 is 15.8 Å². The van der Waals surface area contributed by atoms with E-state index in [4.69, 9.17) is 10.5 Å². The van der Waals surface area contributed by atoms with Crippen LogP contribution in [0.2, 0.25) is 0 Å². The molecular weight excluding hydrogens is 260 g/mol. The molecule has 3 nitrogen and oxygen atoms in total. The fourth-order valence-corrected chi connectivity index (χ4v) is 4.29. The molecule has 4 unspecified atom stereocenters. The number of para-hydroxylation sites is 1. The van der Waals surface area contributed by atoms with Gasteiger partial charge in [0.25, 0.3) is 0 Å². The van der Waals surface area contributed by atoms with E-state index in [2.05, 4.69) is 18.3 Å². The van der Waals surface area contributed by atoms with Crippen molar-refractivity contribution in [1.82, 2.24) is 0 Å². The Hall–Kier alpha value is -1.38. The van der Waals surface area contributed by atoms with E-state index in [-0.39, 0.29) is 6.10 Å². The number of anilines is 2. The van der Waals surface area contributed by atoms with Crippen molar-refractivity contribution in [2.75, 3.05) is 11.1 Å². The maximum atomic E-state index is 6.27. The van der Waals surface area contributed by atoms with Gasteiger partial charge in [0.1, 0.15) is 5.75 Å². The number of nitrogens with two attached hydrogens (primary N) is 1. The predicted octanol–water partition coefficient (Wildman–Crippen LogP) is 4.29. The van der Waals surface area contributed by atoms with Crippen molar-refractivity contribution in [2.45, 2.75) is 58.6 Å². The molecule has 0 aliphatic heterocycles. The van der Waals surface area contributed by atoms with Gasteiger partial charge in [0.15, 0.2) is 0 Å². The molecule has 2 saturated carbocycles. The molecule has 3 rings (SSSR count). The average molecular weight is 288 g/mol. The lowest BCUT2D eigenvalue weighted by atomic mass is 9.84. The number of ether oxygens (including phenoxy) is 1. The average Bonchev–Trinajstić information content (AvgIpc) is 3.05. The van der Waals surface area contributed by atoms with Crippen LogP contribution in [0.1, 0.15) is 46.5 Å². The van der Waals surface area contributed by atoms with E-state index in [9.17, 15) is 0 Å². The third kappa shape index (κ3) is 2.97. The molecule has 0 aromatic heterocycles. The number of nitrogens with one attached hydrogen (secondary N) is 1. The lowest BCUT2D eigenvalue weighted by Gasteiger charge is -2.30. The number of hydrogen-bond donors (Lipinski definition) is 2. The summed E-state index contributed by atoms with van der Waals surface area (Å²) in [6.07, 6.45) is 5.86. The van der Waals surface area contributed by atoms with Gasteiger partial charge in [-0.2, -0.15) is 0 Å². The highest BCUT2D eigenvalue weighted by Crippen LogP contribution is 2.50. The van der Waals surface area contributed by atoms with Gasteiger partial charge in [-0.15, -0.1) is 0 Å². The summed E-state index contributed by atoms with van der Waals surface area (Å²) in [5, 5.41) is 3.65. The summed E-state index contributed by atoms with van der Waals surface area (Å²) in [6.45, 7) is 6.36. The van der Waals surface area contributed by atoms with Crippen molar-refractivity contribution >= 4 is 11.4 Å². The van der Waals surface area contributed by atoms with Crippen LogP contribution in [-0.2, 0) is 0 Å². The molecule has 2 fully saturated rings. The van der Waals surface area contributed by atoms with Gasteiger partial charge in [-0.3, -0.25) is 0 Å². The molecule has 0 saturated heterocycles. The number of hydrogen-bond acceptors (Lipinski definition) is 3. The smallest absolute Gasteiger partial charge is 0.144 e. The minimum Gasteiger partial charge on any atom is -0.489 e. The van der Waals surface area contributed by atoms with Gasteiger partial charge in [-0.1, -0.05) is 12.5 Å². The molecule has 0 radical (unpaired) electrons. The van der Waals surface area contributed by atoms with E-state index in [1.165, 1.54) is 25.7 Å². The van der Waals surface area contributed by atoms with Crippen molar-refractivity contribution in [3.05, 3.63) is 18.2 Å². The summed E-state index contributed by atoms with van der Waals surface area (Å²) in [6, 6.07) is 6.51. The van der Waals surface area contributed by atoms with Gasteiger partial charge in [0, 0.05) is 6.04 Å². The number of rotatable bonds is 5. The van der Waals surface area contributed by atoms with Crippen LogP contribution >= 0.6 is 0 Å². The summed E-state index contributed by atoms with van der Waals surface area (Å²) in [7, 11) is 0. The van der Waals surface area contributed by atoms with Crippen molar-refractivity contribution in [3.63, 3.8) is 0 Å². The van der Waals surface area contributed by atoms with Gasteiger partial charge in [0.2, 0.25) is 0 Å². The maximum Gasteiger partial charge on any atom is 0.144 e. The zero-order chi connectivity index (χ0) is 15.0. The van der Waals surface area contributed by atoms with Crippen molar-refractivity contribution in [1.29, 1.82) is 0 Å². The Morgan fingerprint density at radius 1 is 1.19 bits per heavy atom. The molecule has 2 aliphatic carbocycles. The number of nitrogen functional groups attached to an aromatic ring is 1. The van der Waals surface area contributed by atoms with Crippen LogP contribution in [0.15, 0.2) is 18.2 Å². The van der Waals surface area contributed by atoms with E-state index in [1.807, 2.05) is 26.0 Å². The summed E-state index contributed by atoms with van der Waals surface area (Å²) in [5.74, 6) is 3.50. The molecule has 0 heterocycles. The second-order valence-electron chi connectivity index (χ2n) is 7.16. The summed E-state index contributed by atoms with van der Waals surface area (Å²) in [4.78, 5) is 0. The molecule has 1 aromatic rings. The second kappa shape index (κ2) is 5.78. The van der Waals surface area contributed by atoms with Crippen LogP contribution in [0, 0.1) is 17.8 Å². The van der Waals surface area contributed by atoms with Gasteiger partial charge in [0.05, 0.1) is 17.5 Å². The van der Waals surface area contributed by atoms with E-state index in [1.54, 1.807) is 0 Å². The lowest BCUT2D eigenvalue weighted by molar-refractivity contribution is 0.244. The standard InChI is InChI=1S/C18H28N2O/c1-11(2)21-17-6-4-5-16(18(17)19)20-12(3)15-10-13-7-8-14(15)9-13/h4-6,11-15,20H,7-10,19H2,1-3H3. The third-order valence-corrected chi connectivity index (χ3v) is 5.25. The zero-order valence-electron chi connectivity index (χ0n) is 13.4. The quantitative estimate of drug-likeness (QED) is 0.794. The molecule has 2 bridgehead atoms. The number of benzene rings is 1. The largest absolute Gasteiger partial charge is 0.489 e. The van der Waals surface area contributed by atoms with Gasteiger partial charge in [-0.05, 0) is 69.9 Å². The molecule has 4 atom stereocenters. The predicted molar refractivity (Wildman–Crippen MR) is 88.6 cm³/mol. The Bertz CT molecular complexity index is 500. The van der Waals surface area contributed by atoms with Crippen molar-refractivity contribution < 1.29 is 4.74 Å². The molecule has 0 spiro atoms. The topological polar surface area (TPSA) is 47.3 Å². The first kappa shape index (κ1) is 14.6. The normalized spacial score (nSPS) is 28.9. The van der Waals surface area contributed by atoms with E-state index in [0.717, 1.165) is 34.9 Å². The Morgan fingerprint density at radius 2 is 2.00 bits per heavy atom. The van der Waals surface area contributed by atoms with Crippen LogP contribution in [0.5, 0.6) is 5.75 Å². The molecule has 3 N–H and O–H groups in total. The minimum absolute atomic E-state index is 0.144. The Labute approximate surface area is 128 Å². The first-order chi connectivity index (χ1) is 10.0.